The van der Waals surface area contributed by atoms with Crippen LogP contribution in [0.1, 0.15) is 86.5 Å². The molecule has 0 unspecified atom stereocenters. The molecule has 5 rings (SSSR count). The van der Waals surface area contributed by atoms with Crippen LogP contribution in [0.5, 0.6) is 0 Å². The first kappa shape index (κ1) is 31.1. The van der Waals surface area contributed by atoms with E-state index in [0.29, 0.717) is 31.2 Å². The van der Waals surface area contributed by atoms with Crippen molar-refractivity contribution in [3.8, 4) is 11.1 Å². The number of esters is 1. The third kappa shape index (κ3) is 7.06. The lowest BCUT2D eigenvalue weighted by molar-refractivity contribution is 0.0453. The number of rotatable bonds is 8. The Morgan fingerprint density at radius 2 is 1.57 bits per heavy atom. The summed E-state index contributed by atoms with van der Waals surface area (Å²) in [4.78, 5) is 40.7. The average Bonchev–Trinajstić information content (AvgIpc) is 3.51. The van der Waals surface area contributed by atoms with Crippen LogP contribution in [-0.2, 0) is 27.8 Å². The Hall–Kier alpha value is -4.34. The molecule has 1 N–H and O–H groups in total. The van der Waals surface area contributed by atoms with E-state index < -0.39 is 23.8 Å². The van der Waals surface area contributed by atoms with Crippen LogP contribution < -0.4 is 5.32 Å². The smallest absolute Gasteiger partial charge is 0.410 e. The summed E-state index contributed by atoms with van der Waals surface area (Å²) in [7, 11) is 1.73. The van der Waals surface area contributed by atoms with Crippen LogP contribution in [-0.4, -0.2) is 63.7 Å². The van der Waals surface area contributed by atoms with Gasteiger partial charge >= 0.3 is 18.2 Å². The highest BCUT2D eigenvalue weighted by Crippen LogP contribution is 2.44. The molecule has 0 saturated heterocycles. The number of aromatic nitrogens is 2. The lowest BCUT2D eigenvalue weighted by Gasteiger charge is -2.36. The van der Waals surface area contributed by atoms with Crippen LogP contribution in [0.2, 0.25) is 0 Å². The van der Waals surface area contributed by atoms with Crippen LogP contribution in [0.3, 0.4) is 0 Å². The molecule has 0 radical (unpaired) electrons. The maximum atomic E-state index is 13.9. The van der Waals surface area contributed by atoms with Gasteiger partial charge in [-0.15, -0.1) is 0 Å². The van der Waals surface area contributed by atoms with Crippen LogP contribution in [0.25, 0.3) is 11.1 Å². The van der Waals surface area contributed by atoms with Gasteiger partial charge in [0.1, 0.15) is 12.2 Å². The van der Waals surface area contributed by atoms with Gasteiger partial charge in [-0.25, -0.2) is 14.4 Å². The fourth-order valence-electron chi connectivity index (χ4n) is 6.23. The van der Waals surface area contributed by atoms with Crippen molar-refractivity contribution in [3.05, 3.63) is 77.1 Å². The lowest BCUT2D eigenvalue weighted by Crippen LogP contribution is -2.47. The minimum Gasteiger partial charge on any atom is -0.461 e. The summed E-state index contributed by atoms with van der Waals surface area (Å²) in [5.41, 5.74) is 4.79. The van der Waals surface area contributed by atoms with Gasteiger partial charge in [0.05, 0.1) is 13.2 Å². The number of carbonyl (C=O) groups is 3. The van der Waals surface area contributed by atoms with Crippen LogP contribution in [0, 0.1) is 0 Å². The second kappa shape index (κ2) is 13.1. The molecule has 1 fully saturated rings. The van der Waals surface area contributed by atoms with Gasteiger partial charge in [-0.05, 0) is 75.6 Å². The summed E-state index contributed by atoms with van der Waals surface area (Å²) < 4.78 is 18.3. The van der Waals surface area contributed by atoms with Crippen molar-refractivity contribution < 1.29 is 28.6 Å². The van der Waals surface area contributed by atoms with E-state index in [1.165, 1.54) is 0 Å². The highest BCUT2D eigenvalue weighted by Gasteiger charge is 2.35. The van der Waals surface area contributed by atoms with Gasteiger partial charge in [0.25, 0.3) is 0 Å². The van der Waals surface area contributed by atoms with Crippen molar-refractivity contribution >= 4 is 18.2 Å². The summed E-state index contributed by atoms with van der Waals surface area (Å²) >= 11 is 0. The monoisotopic (exact) mass is 602 g/mol. The van der Waals surface area contributed by atoms with E-state index in [0.717, 1.165) is 22.3 Å². The van der Waals surface area contributed by atoms with Gasteiger partial charge in [-0.2, -0.15) is 5.10 Å². The molecular formula is C34H42N4O6. The van der Waals surface area contributed by atoms with Gasteiger partial charge < -0.3 is 24.4 Å². The van der Waals surface area contributed by atoms with E-state index in [2.05, 4.69) is 34.7 Å². The van der Waals surface area contributed by atoms with Gasteiger partial charge in [-0.1, -0.05) is 48.5 Å². The second-order valence-electron chi connectivity index (χ2n) is 12.5. The van der Waals surface area contributed by atoms with Crippen molar-refractivity contribution in [1.29, 1.82) is 0 Å². The molecule has 2 aromatic carbocycles. The van der Waals surface area contributed by atoms with Crippen molar-refractivity contribution in [3.63, 3.8) is 0 Å². The molecule has 0 spiro atoms. The molecule has 234 valence electrons. The lowest BCUT2D eigenvalue weighted by atomic mass is 9.90. The number of hydrogen-bond acceptors (Lipinski definition) is 7. The first-order valence-corrected chi connectivity index (χ1v) is 15.3. The van der Waals surface area contributed by atoms with Crippen molar-refractivity contribution in [2.24, 2.45) is 7.05 Å². The number of carbonyl (C=O) groups excluding carboxylic acids is 3. The molecule has 3 aromatic rings. The summed E-state index contributed by atoms with van der Waals surface area (Å²) in [6.07, 6.45) is 3.51. The third-order valence-corrected chi connectivity index (χ3v) is 8.14. The zero-order valence-corrected chi connectivity index (χ0v) is 26.2. The Morgan fingerprint density at radius 3 is 2.16 bits per heavy atom. The van der Waals surface area contributed by atoms with Crippen LogP contribution in [0.4, 0.5) is 9.59 Å². The van der Waals surface area contributed by atoms with Crippen LogP contribution >= 0.6 is 0 Å². The molecule has 1 heterocycles. The number of amides is 2. The van der Waals surface area contributed by atoms with Gasteiger partial charge in [-0.3, -0.25) is 4.68 Å². The van der Waals surface area contributed by atoms with E-state index >= 15 is 0 Å². The number of benzene rings is 2. The standard InChI is InChI=1S/C34H42N4O6/c1-6-42-31(39)30-22(19-37(5)36-30)20-38(24-17-15-23(16-18-24)35-32(40)44-34(2,3)4)33(41)43-21-29-27-13-9-7-11-25(27)26-12-8-10-14-28(26)29/h7-14,19,23-24,29H,6,15-18,20-21H2,1-5H3,(H,35,40). The molecule has 2 aliphatic rings. The number of ether oxygens (including phenoxy) is 3. The predicted molar refractivity (Wildman–Crippen MR) is 165 cm³/mol. The van der Waals surface area contributed by atoms with E-state index in [4.69, 9.17) is 14.2 Å². The fourth-order valence-corrected chi connectivity index (χ4v) is 6.23. The van der Waals surface area contributed by atoms with Gasteiger partial charge in [0.15, 0.2) is 5.69 Å². The first-order valence-electron chi connectivity index (χ1n) is 15.3. The predicted octanol–water partition coefficient (Wildman–Crippen LogP) is 6.18. The number of alkyl carbamates (subject to hydrolysis) is 1. The van der Waals surface area contributed by atoms with Crippen molar-refractivity contribution in [1.82, 2.24) is 20.0 Å². The largest absolute Gasteiger partial charge is 0.461 e. The number of nitrogens with one attached hydrogen (secondary N) is 1. The van der Waals surface area contributed by atoms with Crippen molar-refractivity contribution in [2.75, 3.05) is 13.2 Å². The molecule has 0 bridgehead atoms. The number of hydrogen-bond donors (Lipinski definition) is 1. The van der Waals surface area contributed by atoms with Crippen molar-refractivity contribution in [2.45, 2.75) is 83.5 Å². The molecule has 0 aliphatic heterocycles. The zero-order valence-electron chi connectivity index (χ0n) is 26.2. The minimum absolute atomic E-state index is 0.0565. The number of nitrogens with zero attached hydrogens (tertiary/aromatic N) is 3. The molecule has 1 aromatic heterocycles. The Morgan fingerprint density at radius 1 is 0.955 bits per heavy atom. The number of aryl methyl sites for hydroxylation is 1. The molecule has 2 aliphatic carbocycles. The highest BCUT2D eigenvalue weighted by molar-refractivity contribution is 5.89. The van der Waals surface area contributed by atoms with Gasteiger partial charge in [0, 0.05) is 36.8 Å². The second-order valence-corrected chi connectivity index (χ2v) is 12.5. The Bertz CT molecular complexity index is 1460. The summed E-state index contributed by atoms with van der Waals surface area (Å²) in [5.74, 6) is -0.601. The molecule has 10 heteroatoms. The maximum absolute atomic E-state index is 13.9. The summed E-state index contributed by atoms with van der Waals surface area (Å²) in [6, 6.07) is 16.2. The van der Waals surface area contributed by atoms with E-state index in [1.54, 1.807) is 29.7 Å². The minimum atomic E-state index is -0.581. The topological polar surface area (TPSA) is 112 Å². The molecule has 44 heavy (non-hydrogen) atoms. The zero-order chi connectivity index (χ0) is 31.4. The molecule has 10 nitrogen and oxygen atoms in total. The van der Waals surface area contributed by atoms with E-state index in [1.807, 2.05) is 45.0 Å². The third-order valence-electron chi connectivity index (χ3n) is 8.14. The number of fused-ring (bicyclic) bond motifs is 3. The molecular weight excluding hydrogens is 560 g/mol. The average molecular weight is 603 g/mol. The summed E-state index contributed by atoms with van der Waals surface area (Å²) in [6.45, 7) is 7.80. The van der Waals surface area contributed by atoms with Crippen LogP contribution in [0.15, 0.2) is 54.7 Å². The SMILES string of the molecule is CCOC(=O)c1nn(C)cc1CN(C(=O)OCC1c2ccccc2-c2ccccc21)C1CCC(NC(=O)OC(C)(C)C)CC1. The molecule has 0 atom stereocenters. The first-order chi connectivity index (χ1) is 21.0. The van der Waals surface area contributed by atoms with Gasteiger partial charge in [0.2, 0.25) is 0 Å². The Kier molecular flexibility index (Phi) is 9.27. The maximum Gasteiger partial charge on any atom is 0.410 e. The quantitative estimate of drug-likeness (QED) is 0.242. The Balaban J connectivity index is 1.33. The highest BCUT2D eigenvalue weighted by atomic mass is 16.6. The van der Waals surface area contributed by atoms with E-state index in [9.17, 15) is 14.4 Å². The molecule has 1 saturated carbocycles. The Labute approximate surface area is 258 Å². The summed E-state index contributed by atoms with van der Waals surface area (Å²) in [5, 5.41) is 7.29. The van der Waals surface area contributed by atoms with E-state index in [-0.39, 0.29) is 43.5 Å². The normalized spacial score (nSPS) is 17.8. The molecule has 2 amide bonds. The fraction of sp³-hybridized carbons (Fsp3) is 0.471.